The van der Waals surface area contributed by atoms with E-state index in [1.165, 1.54) is 4.90 Å². The number of aldehydes is 1. The largest absolute Gasteiger partial charge is 0.445 e. The monoisotopic (exact) mass is 369 g/mol. The van der Waals surface area contributed by atoms with E-state index >= 15 is 0 Å². The number of hydrogen-bond donors (Lipinski definition) is 1. The van der Waals surface area contributed by atoms with Gasteiger partial charge in [0.1, 0.15) is 25.0 Å². The second-order valence-corrected chi connectivity index (χ2v) is 6.47. The molecule has 1 fully saturated rings. The van der Waals surface area contributed by atoms with Crippen LogP contribution in [0.5, 0.6) is 0 Å². The number of ether oxygens (including phenoxy) is 2. The number of benzene rings is 2. The maximum atomic E-state index is 12.4. The molecular formula is C21H23NO5. The summed E-state index contributed by atoms with van der Waals surface area (Å²) in [5, 5.41) is 10.5. The van der Waals surface area contributed by atoms with E-state index in [2.05, 4.69) is 0 Å². The summed E-state index contributed by atoms with van der Waals surface area (Å²) in [6.07, 6.45) is -1.22. The van der Waals surface area contributed by atoms with E-state index in [1.54, 1.807) is 0 Å². The fourth-order valence-electron chi connectivity index (χ4n) is 3.12. The number of rotatable bonds is 6. The lowest BCUT2D eigenvalue weighted by Crippen LogP contribution is -2.58. The van der Waals surface area contributed by atoms with Crippen molar-refractivity contribution in [1.82, 2.24) is 4.90 Å². The summed E-state index contributed by atoms with van der Waals surface area (Å²) in [7, 11) is 0. The summed E-state index contributed by atoms with van der Waals surface area (Å²) < 4.78 is 11.1. The van der Waals surface area contributed by atoms with Gasteiger partial charge in [-0.05, 0) is 17.5 Å². The molecule has 0 saturated carbocycles. The Morgan fingerprint density at radius 3 is 2.22 bits per heavy atom. The molecular weight excluding hydrogens is 346 g/mol. The SMILES string of the molecule is O=C[C@@H]1[C@H](O)[C@H](OCc2ccccc2)CCN1C(=O)OCc1ccccc1. The van der Waals surface area contributed by atoms with E-state index in [1.807, 2.05) is 60.7 Å². The van der Waals surface area contributed by atoms with Crippen LogP contribution in [-0.2, 0) is 27.5 Å². The van der Waals surface area contributed by atoms with E-state index in [4.69, 9.17) is 9.47 Å². The Hall–Kier alpha value is -2.70. The maximum Gasteiger partial charge on any atom is 0.410 e. The summed E-state index contributed by atoms with van der Waals surface area (Å²) >= 11 is 0. The third-order valence-corrected chi connectivity index (χ3v) is 4.63. The van der Waals surface area contributed by atoms with Gasteiger partial charge in [-0.25, -0.2) is 4.79 Å². The molecule has 6 heteroatoms. The molecule has 0 unspecified atom stereocenters. The number of amides is 1. The molecule has 142 valence electrons. The molecule has 0 bridgehead atoms. The van der Waals surface area contributed by atoms with Gasteiger partial charge < -0.3 is 19.4 Å². The van der Waals surface area contributed by atoms with E-state index in [-0.39, 0.29) is 13.2 Å². The molecule has 27 heavy (non-hydrogen) atoms. The number of carbonyl (C=O) groups excluding carboxylic acids is 2. The molecule has 3 rings (SSSR count). The first-order valence-electron chi connectivity index (χ1n) is 8.95. The van der Waals surface area contributed by atoms with Gasteiger partial charge in [0.05, 0.1) is 12.7 Å². The van der Waals surface area contributed by atoms with Gasteiger partial charge in [0, 0.05) is 6.54 Å². The average molecular weight is 369 g/mol. The Balaban J connectivity index is 1.55. The van der Waals surface area contributed by atoms with Crippen molar-refractivity contribution in [1.29, 1.82) is 0 Å². The summed E-state index contributed by atoms with van der Waals surface area (Å²) in [5.74, 6) is 0. The average Bonchev–Trinajstić information content (AvgIpc) is 2.72. The maximum absolute atomic E-state index is 12.4. The van der Waals surface area contributed by atoms with Gasteiger partial charge in [-0.2, -0.15) is 0 Å². The normalized spacial score (nSPS) is 22.3. The number of piperidine rings is 1. The van der Waals surface area contributed by atoms with Gasteiger partial charge in [0.2, 0.25) is 0 Å². The fraction of sp³-hybridized carbons (Fsp3) is 0.333. The number of nitrogens with zero attached hydrogens (tertiary/aromatic N) is 1. The van der Waals surface area contributed by atoms with Crippen molar-refractivity contribution in [2.45, 2.75) is 37.9 Å². The Kier molecular flexibility index (Phi) is 6.57. The number of likely N-dealkylation sites (tertiary alicyclic amines) is 1. The minimum absolute atomic E-state index is 0.117. The Labute approximate surface area is 158 Å². The van der Waals surface area contributed by atoms with Crippen molar-refractivity contribution >= 4 is 12.4 Å². The van der Waals surface area contributed by atoms with Crippen LogP contribution in [0.4, 0.5) is 4.79 Å². The van der Waals surface area contributed by atoms with Gasteiger partial charge in [-0.3, -0.25) is 4.90 Å². The summed E-state index contributed by atoms with van der Waals surface area (Å²) in [5.41, 5.74) is 1.84. The molecule has 1 saturated heterocycles. The van der Waals surface area contributed by atoms with Crippen LogP contribution in [0, 0.1) is 0 Å². The quantitative estimate of drug-likeness (QED) is 0.792. The van der Waals surface area contributed by atoms with Crippen LogP contribution >= 0.6 is 0 Å². The number of aliphatic hydroxyl groups is 1. The van der Waals surface area contributed by atoms with Gasteiger partial charge >= 0.3 is 6.09 Å². The van der Waals surface area contributed by atoms with Gasteiger partial charge in [0.25, 0.3) is 0 Å². The molecule has 0 radical (unpaired) electrons. The van der Waals surface area contributed by atoms with Crippen LogP contribution in [0.25, 0.3) is 0 Å². The number of aliphatic hydroxyl groups excluding tert-OH is 1. The van der Waals surface area contributed by atoms with Crippen LogP contribution in [0.1, 0.15) is 17.5 Å². The molecule has 6 nitrogen and oxygen atoms in total. The second kappa shape index (κ2) is 9.30. The summed E-state index contributed by atoms with van der Waals surface area (Å²) in [4.78, 5) is 25.1. The van der Waals surface area contributed by atoms with Gasteiger partial charge in [-0.1, -0.05) is 60.7 Å². The first kappa shape index (κ1) is 19.1. The van der Waals surface area contributed by atoms with Crippen molar-refractivity contribution in [3.05, 3.63) is 71.8 Å². The molecule has 1 aliphatic heterocycles. The first-order valence-corrected chi connectivity index (χ1v) is 8.95. The minimum atomic E-state index is -1.09. The van der Waals surface area contributed by atoms with Crippen LogP contribution in [0.15, 0.2) is 60.7 Å². The lowest BCUT2D eigenvalue weighted by atomic mass is 9.97. The highest BCUT2D eigenvalue weighted by Gasteiger charge is 2.40. The highest BCUT2D eigenvalue weighted by atomic mass is 16.6. The van der Waals surface area contributed by atoms with Crippen LogP contribution < -0.4 is 0 Å². The highest BCUT2D eigenvalue weighted by Crippen LogP contribution is 2.22. The molecule has 2 aromatic carbocycles. The third kappa shape index (κ3) is 4.93. The molecule has 1 aliphatic rings. The minimum Gasteiger partial charge on any atom is -0.445 e. The second-order valence-electron chi connectivity index (χ2n) is 6.47. The lowest BCUT2D eigenvalue weighted by Gasteiger charge is -2.39. The molecule has 0 spiro atoms. The number of carbonyl (C=O) groups is 2. The topological polar surface area (TPSA) is 76.1 Å². The zero-order valence-corrected chi connectivity index (χ0v) is 14.9. The standard InChI is InChI=1S/C21H23NO5/c23-13-18-20(24)19(26-14-16-7-3-1-4-8-16)11-12-22(18)21(25)27-15-17-9-5-2-6-10-17/h1-10,13,18-20,24H,11-12,14-15H2/t18-,19-,20+/m1/s1. The highest BCUT2D eigenvalue weighted by molar-refractivity contribution is 5.74. The molecule has 3 atom stereocenters. The van der Waals surface area contributed by atoms with Crippen LogP contribution in [0.2, 0.25) is 0 Å². The predicted octanol–water partition coefficient (Wildman–Crippen LogP) is 2.54. The molecule has 0 aliphatic carbocycles. The van der Waals surface area contributed by atoms with Crippen molar-refractivity contribution in [3.63, 3.8) is 0 Å². The zero-order valence-electron chi connectivity index (χ0n) is 14.9. The smallest absolute Gasteiger partial charge is 0.410 e. The Bertz CT molecular complexity index is 737. The molecule has 0 aromatic heterocycles. The van der Waals surface area contributed by atoms with Crippen LogP contribution in [0.3, 0.4) is 0 Å². The van der Waals surface area contributed by atoms with Crippen molar-refractivity contribution in [3.8, 4) is 0 Å². The summed E-state index contributed by atoms with van der Waals surface area (Å²) in [6, 6.07) is 17.9. The Morgan fingerprint density at radius 1 is 1.04 bits per heavy atom. The van der Waals surface area contributed by atoms with Crippen molar-refractivity contribution in [2.75, 3.05) is 6.54 Å². The van der Waals surface area contributed by atoms with Crippen molar-refractivity contribution in [2.24, 2.45) is 0 Å². The summed E-state index contributed by atoms with van der Waals surface area (Å²) in [6.45, 7) is 0.742. The van der Waals surface area contributed by atoms with Gasteiger partial charge in [-0.15, -0.1) is 0 Å². The van der Waals surface area contributed by atoms with Crippen LogP contribution in [-0.4, -0.2) is 47.2 Å². The number of hydrogen-bond acceptors (Lipinski definition) is 5. The molecule has 1 heterocycles. The van der Waals surface area contributed by atoms with E-state index in [0.717, 1.165) is 11.1 Å². The molecule has 1 N–H and O–H groups in total. The van der Waals surface area contributed by atoms with E-state index in [9.17, 15) is 14.7 Å². The van der Waals surface area contributed by atoms with Gasteiger partial charge in [0.15, 0.2) is 0 Å². The predicted molar refractivity (Wildman–Crippen MR) is 98.8 cm³/mol. The fourth-order valence-corrected chi connectivity index (χ4v) is 3.12. The van der Waals surface area contributed by atoms with E-state index < -0.39 is 24.3 Å². The lowest BCUT2D eigenvalue weighted by molar-refractivity contribution is -0.132. The Morgan fingerprint density at radius 2 is 1.63 bits per heavy atom. The molecule has 1 amide bonds. The zero-order chi connectivity index (χ0) is 19.1. The molecule has 2 aromatic rings. The first-order chi connectivity index (χ1) is 13.2. The van der Waals surface area contributed by atoms with E-state index in [0.29, 0.717) is 19.3 Å². The third-order valence-electron chi connectivity index (χ3n) is 4.63. The van der Waals surface area contributed by atoms with Crippen molar-refractivity contribution < 1.29 is 24.2 Å².